The second kappa shape index (κ2) is 5.35. The van der Waals surface area contributed by atoms with Crippen molar-refractivity contribution >= 4 is 11.9 Å². The van der Waals surface area contributed by atoms with Crippen LogP contribution in [0.5, 0.6) is 0 Å². The molecule has 4 nitrogen and oxygen atoms in total. The standard InChI is InChI=1S/C8H13NO3/c1-3-4-12-8(11)6(2)5-7(9)10/h3,6H,1,4-5H2,2H3,(H2,9,10)/t6-/m0/s1. The van der Waals surface area contributed by atoms with Crippen LogP contribution in [0.2, 0.25) is 0 Å². The molecule has 0 aromatic rings. The maximum absolute atomic E-state index is 11.0. The molecule has 0 aliphatic heterocycles. The highest BCUT2D eigenvalue weighted by molar-refractivity contribution is 5.81. The van der Waals surface area contributed by atoms with Gasteiger partial charge in [-0.15, -0.1) is 0 Å². The molecule has 0 aliphatic carbocycles. The summed E-state index contributed by atoms with van der Waals surface area (Å²) in [6.45, 7) is 5.15. The van der Waals surface area contributed by atoms with Crippen LogP contribution in [0.15, 0.2) is 12.7 Å². The molecule has 0 radical (unpaired) electrons. The van der Waals surface area contributed by atoms with Crippen molar-refractivity contribution < 1.29 is 14.3 Å². The van der Waals surface area contributed by atoms with Crippen LogP contribution in [-0.2, 0) is 14.3 Å². The average molecular weight is 171 g/mol. The van der Waals surface area contributed by atoms with Gasteiger partial charge >= 0.3 is 5.97 Å². The van der Waals surface area contributed by atoms with Crippen molar-refractivity contribution in [3.05, 3.63) is 12.7 Å². The van der Waals surface area contributed by atoms with Crippen LogP contribution >= 0.6 is 0 Å². The van der Waals surface area contributed by atoms with Crippen molar-refractivity contribution in [1.29, 1.82) is 0 Å². The summed E-state index contributed by atoms with van der Waals surface area (Å²) in [4.78, 5) is 21.3. The first-order chi connectivity index (χ1) is 5.57. The second-order valence-corrected chi connectivity index (χ2v) is 2.49. The van der Waals surface area contributed by atoms with Crippen molar-refractivity contribution in [2.75, 3.05) is 6.61 Å². The number of carbonyl (C=O) groups excluding carboxylic acids is 2. The highest BCUT2D eigenvalue weighted by Gasteiger charge is 2.15. The van der Waals surface area contributed by atoms with Gasteiger partial charge in [-0.2, -0.15) is 0 Å². The molecule has 0 unspecified atom stereocenters. The maximum atomic E-state index is 11.0. The van der Waals surface area contributed by atoms with Crippen molar-refractivity contribution in [3.63, 3.8) is 0 Å². The third-order valence-corrected chi connectivity index (χ3v) is 1.25. The fraction of sp³-hybridized carbons (Fsp3) is 0.500. The molecule has 1 amide bonds. The van der Waals surface area contributed by atoms with Gasteiger partial charge in [0.05, 0.1) is 5.92 Å². The van der Waals surface area contributed by atoms with E-state index in [1.165, 1.54) is 6.08 Å². The first-order valence-electron chi connectivity index (χ1n) is 3.63. The molecule has 0 aromatic carbocycles. The van der Waals surface area contributed by atoms with Gasteiger partial charge in [0, 0.05) is 6.42 Å². The van der Waals surface area contributed by atoms with E-state index in [9.17, 15) is 9.59 Å². The Morgan fingerprint density at radius 2 is 2.25 bits per heavy atom. The third kappa shape index (κ3) is 4.49. The first kappa shape index (κ1) is 10.7. The maximum Gasteiger partial charge on any atom is 0.309 e. The number of primary amides is 1. The van der Waals surface area contributed by atoms with E-state index in [0.29, 0.717) is 0 Å². The Morgan fingerprint density at radius 1 is 1.67 bits per heavy atom. The number of carbonyl (C=O) groups is 2. The molecule has 0 saturated carbocycles. The third-order valence-electron chi connectivity index (χ3n) is 1.25. The van der Waals surface area contributed by atoms with Gasteiger partial charge in [0.25, 0.3) is 0 Å². The first-order valence-corrected chi connectivity index (χ1v) is 3.63. The average Bonchev–Trinajstić information content (AvgIpc) is 1.98. The molecule has 68 valence electrons. The normalized spacial score (nSPS) is 11.8. The van der Waals surface area contributed by atoms with Crippen LogP contribution in [0, 0.1) is 5.92 Å². The summed E-state index contributed by atoms with van der Waals surface area (Å²) in [6, 6.07) is 0. The van der Waals surface area contributed by atoms with Crippen molar-refractivity contribution in [2.45, 2.75) is 13.3 Å². The Labute approximate surface area is 71.4 Å². The van der Waals surface area contributed by atoms with Crippen LogP contribution in [0.4, 0.5) is 0 Å². The predicted molar refractivity (Wildman–Crippen MR) is 44.1 cm³/mol. The summed E-state index contributed by atoms with van der Waals surface area (Å²) < 4.78 is 4.69. The molecule has 0 aromatic heterocycles. The molecule has 0 rings (SSSR count). The van der Waals surface area contributed by atoms with E-state index in [-0.39, 0.29) is 13.0 Å². The molecule has 4 heteroatoms. The summed E-state index contributed by atoms with van der Waals surface area (Å²) in [7, 11) is 0. The molecule has 0 bridgehead atoms. The van der Waals surface area contributed by atoms with Crippen LogP contribution < -0.4 is 5.73 Å². The second-order valence-electron chi connectivity index (χ2n) is 2.49. The Balaban J connectivity index is 3.76. The smallest absolute Gasteiger partial charge is 0.309 e. The topological polar surface area (TPSA) is 69.4 Å². The SMILES string of the molecule is C=CCOC(=O)[C@@H](C)CC(N)=O. The van der Waals surface area contributed by atoms with E-state index in [1.54, 1.807) is 6.92 Å². The molecule has 0 saturated heterocycles. The summed E-state index contributed by atoms with van der Waals surface area (Å²) in [5, 5.41) is 0. The Bertz CT molecular complexity index is 189. The lowest BCUT2D eigenvalue weighted by molar-refractivity contribution is -0.148. The fourth-order valence-corrected chi connectivity index (χ4v) is 0.668. The number of esters is 1. The molecule has 0 fully saturated rings. The number of hydrogen-bond acceptors (Lipinski definition) is 3. The van der Waals surface area contributed by atoms with E-state index >= 15 is 0 Å². The number of hydrogen-bond donors (Lipinski definition) is 1. The molecule has 0 heterocycles. The lowest BCUT2D eigenvalue weighted by Gasteiger charge is -2.07. The van der Waals surface area contributed by atoms with Crippen molar-refractivity contribution in [1.82, 2.24) is 0 Å². The minimum atomic E-state index is -0.502. The number of ether oxygens (including phenoxy) is 1. The minimum Gasteiger partial charge on any atom is -0.461 e. The lowest BCUT2D eigenvalue weighted by atomic mass is 10.1. The van der Waals surface area contributed by atoms with E-state index in [1.807, 2.05) is 0 Å². The quantitative estimate of drug-likeness (QED) is 0.475. The van der Waals surface area contributed by atoms with Gasteiger partial charge in [0.1, 0.15) is 6.61 Å². The van der Waals surface area contributed by atoms with Crippen molar-refractivity contribution in [3.8, 4) is 0 Å². The van der Waals surface area contributed by atoms with E-state index < -0.39 is 17.8 Å². The number of rotatable bonds is 5. The van der Waals surface area contributed by atoms with E-state index in [2.05, 4.69) is 11.3 Å². The summed E-state index contributed by atoms with van der Waals surface area (Å²) in [5.74, 6) is -1.39. The molecular weight excluding hydrogens is 158 g/mol. The Hall–Kier alpha value is -1.32. The van der Waals surface area contributed by atoms with Crippen LogP contribution in [0.3, 0.4) is 0 Å². The number of nitrogens with two attached hydrogens (primary N) is 1. The Morgan fingerprint density at radius 3 is 2.67 bits per heavy atom. The molecular formula is C8H13NO3. The van der Waals surface area contributed by atoms with E-state index in [4.69, 9.17) is 5.73 Å². The van der Waals surface area contributed by atoms with Crippen LogP contribution in [0.25, 0.3) is 0 Å². The van der Waals surface area contributed by atoms with Gasteiger partial charge in [0.2, 0.25) is 5.91 Å². The fourth-order valence-electron chi connectivity index (χ4n) is 0.668. The lowest BCUT2D eigenvalue weighted by Crippen LogP contribution is -2.22. The summed E-state index contributed by atoms with van der Waals surface area (Å²) in [6.07, 6.45) is 1.49. The predicted octanol–water partition coefficient (Wildman–Crippen LogP) is 0.227. The largest absolute Gasteiger partial charge is 0.461 e. The summed E-state index contributed by atoms with van der Waals surface area (Å²) >= 11 is 0. The van der Waals surface area contributed by atoms with Gasteiger partial charge in [-0.1, -0.05) is 19.6 Å². The molecule has 0 spiro atoms. The van der Waals surface area contributed by atoms with Gasteiger partial charge in [0.15, 0.2) is 0 Å². The summed E-state index contributed by atoms with van der Waals surface area (Å²) in [5.41, 5.74) is 4.89. The highest BCUT2D eigenvalue weighted by atomic mass is 16.5. The zero-order valence-corrected chi connectivity index (χ0v) is 7.08. The van der Waals surface area contributed by atoms with Gasteiger partial charge < -0.3 is 10.5 Å². The molecule has 1 atom stereocenters. The van der Waals surface area contributed by atoms with E-state index in [0.717, 1.165) is 0 Å². The molecule has 2 N–H and O–H groups in total. The van der Waals surface area contributed by atoms with Gasteiger partial charge in [-0.3, -0.25) is 9.59 Å². The van der Waals surface area contributed by atoms with Crippen LogP contribution in [-0.4, -0.2) is 18.5 Å². The van der Waals surface area contributed by atoms with Crippen molar-refractivity contribution in [2.24, 2.45) is 11.7 Å². The highest BCUT2D eigenvalue weighted by Crippen LogP contribution is 2.03. The number of amides is 1. The monoisotopic (exact) mass is 171 g/mol. The van der Waals surface area contributed by atoms with Gasteiger partial charge in [-0.05, 0) is 0 Å². The zero-order chi connectivity index (χ0) is 9.56. The molecule has 0 aliphatic rings. The minimum absolute atomic E-state index is 0.0238. The van der Waals surface area contributed by atoms with Gasteiger partial charge in [-0.25, -0.2) is 0 Å². The van der Waals surface area contributed by atoms with Crippen LogP contribution in [0.1, 0.15) is 13.3 Å². The molecule has 12 heavy (non-hydrogen) atoms. The Kier molecular flexibility index (Phi) is 4.76. The zero-order valence-electron chi connectivity index (χ0n) is 7.08.